The standard InChI is InChI=1S/C26H23FN6O/c1-16-8-19(6-7-23(16)34-24-5-3-2-4-21(24)27)32-26-20-9-25(29-12-22(20)30-15-31-26)33-13-17-10-28-11-18(17)14-33/h2-10,12,15,18,28H,11,13-14H2,1H3,(H,30,31,32). The third-order valence-electron chi connectivity index (χ3n) is 6.32. The van der Waals surface area contributed by atoms with Crippen molar-refractivity contribution in [3.8, 4) is 11.5 Å². The Hall–Kier alpha value is -4.20. The van der Waals surface area contributed by atoms with Gasteiger partial charge in [-0.25, -0.2) is 19.3 Å². The highest BCUT2D eigenvalue weighted by atomic mass is 19.1. The number of ether oxygens (including phenoxy) is 1. The highest BCUT2D eigenvalue weighted by molar-refractivity contribution is 5.92. The monoisotopic (exact) mass is 454 g/mol. The Labute approximate surface area is 196 Å². The largest absolute Gasteiger partial charge is 0.454 e. The fourth-order valence-electron chi connectivity index (χ4n) is 4.51. The minimum absolute atomic E-state index is 0.200. The summed E-state index contributed by atoms with van der Waals surface area (Å²) in [5.74, 6) is 2.58. The molecule has 0 spiro atoms. The van der Waals surface area contributed by atoms with Gasteiger partial charge in [0.2, 0.25) is 0 Å². The second kappa shape index (κ2) is 8.30. The van der Waals surface area contributed by atoms with E-state index in [9.17, 15) is 4.39 Å². The first-order valence-corrected chi connectivity index (χ1v) is 11.2. The third kappa shape index (κ3) is 3.77. The fourth-order valence-corrected chi connectivity index (χ4v) is 4.51. The maximum Gasteiger partial charge on any atom is 0.165 e. The molecule has 1 fully saturated rings. The van der Waals surface area contributed by atoms with Crippen LogP contribution in [0.1, 0.15) is 5.56 Å². The second-order valence-electron chi connectivity index (χ2n) is 8.62. The molecule has 1 saturated heterocycles. The van der Waals surface area contributed by atoms with Crippen LogP contribution in [-0.2, 0) is 0 Å². The molecule has 2 aromatic heterocycles. The molecule has 0 bridgehead atoms. The maximum absolute atomic E-state index is 14.0. The predicted molar refractivity (Wildman–Crippen MR) is 130 cm³/mol. The number of anilines is 3. The third-order valence-corrected chi connectivity index (χ3v) is 6.32. The van der Waals surface area contributed by atoms with E-state index in [1.54, 1.807) is 24.4 Å². The van der Waals surface area contributed by atoms with Crippen molar-refractivity contribution in [2.75, 3.05) is 29.9 Å². The zero-order valence-electron chi connectivity index (χ0n) is 18.6. The summed E-state index contributed by atoms with van der Waals surface area (Å²) in [6.45, 7) is 4.76. The van der Waals surface area contributed by atoms with Crippen molar-refractivity contribution >= 4 is 28.2 Å². The van der Waals surface area contributed by atoms with Gasteiger partial charge in [0, 0.05) is 36.6 Å². The first-order chi connectivity index (χ1) is 16.6. The van der Waals surface area contributed by atoms with Crippen LogP contribution in [0.5, 0.6) is 11.5 Å². The smallest absolute Gasteiger partial charge is 0.165 e. The van der Waals surface area contributed by atoms with Gasteiger partial charge < -0.3 is 20.3 Å². The number of fused-ring (bicyclic) bond motifs is 2. The zero-order chi connectivity index (χ0) is 23.1. The van der Waals surface area contributed by atoms with Crippen molar-refractivity contribution in [1.82, 2.24) is 20.3 Å². The van der Waals surface area contributed by atoms with Gasteiger partial charge in [0.05, 0.1) is 11.7 Å². The van der Waals surface area contributed by atoms with E-state index in [1.165, 1.54) is 18.0 Å². The van der Waals surface area contributed by atoms with Crippen molar-refractivity contribution in [3.63, 3.8) is 0 Å². The molecule has 8 heteroatoms. The molecule has 2 aromatic carbocycles. The summed E-state index contributed by atoms with van der Waals surface area (Å²) in [5, 5.41) is 7.62. The molecule has 1 unspecified atom stereocenters. The molecule has 2 aliphatic rings. The van der Waals surface area contributed by atoms with E-state index in [4.69, 9.17) is 4.74 Å². The van der Waals surface area contributed by atoms with E-state index < -0.39 is 5.82 Å². The molecule has 6 rings (SSSR count). The van der Waals surface area contributed by atoms with Crippen LogP contribution in [0, 0.1) is 18.7 Å². The lowest BCUT2D eigenvalue weighted by molar-refractivity contribution is 0.439. The van der Waals surface area contributed by atoms with Gasteiger partial charge in [-0.2, -0.15) is 0 Å². The summed E-state index contributed by atoms with van der Waals surface area (Å²) in [5.41, 5.74) is 3.93. The van der Waals surface area contributed by atoms with E-state index in [2.05, 4.69) is 42.8 Å². The number of aryl methyl sites for hydroxylation is 1. The van der Waals surface area contributed by atoms with Crippen LogP contribution in [-0.4, -0.2) is 34.6 Å². The van der Waals surface area contributed by atoms with Crippen LogP contribution in [0.2, 0.25) is 0 Å². The number of nitrogens with one attached hydrogen (secondary N) is 2. The number of aromatic nitrogens is 3. The van der Waals surface area contributed by atoms with E-state index in [0.29, 0.717) is 17.5 Å². The van der Waals surface area contributed by atoms with Crippen LogP contribution in [0.15, 0.2) is 72.8 Å². The average Bonchev–Trinajstić information content (AvgIpc) is 3.45. The highest BCUT2D eigenvalue weighted by Gasteiger charge is 2.30. The van der Waals surface area contributed by atoms with E-state index in [0.717, 1.165) is 47.6 Å². The molecule has 0 amide bonds. The lowest BCUT2D eigenvalue weighted by atomic mass is 10.1. The van der Waals surface area contributed by atoms with Gasteiger partial charge >= 0.3 is 0 Å². The topological polar surface area (TPSA) is 75.2 Å². The van der Waals surface area contributed by atoms with Crippen molar-refractivity contribution in [3.05, 3.63) is 84.2 Å². The Kier molecular flexibility index (Phi) is 4.98. The summed E-state index contributed by atoms with van der Waals surface area (Å²) >= 11 is 0. The lowest BCUT2D eigenvalue weighted by Gasteiger charge is -2.18. The predicted octanol–water partition coefficient (Wildman–Crippen LogP) is 4.93. The molecule has 7 nitrogen and oxygen atoms in total. The van der Waals surface area contributed by atoms with Gasteiger partial charge in [-0.05, 0) is 60.7 Å². The quantitative estimate of drug-likeness (QED) is 0.443. The Bertz CT molecular complexity index is 1420. The molecule has 0 radical (unpaired) electrons. The number of benzene rings is 2. The number of nitrogens with zero attached hydrogens (tertiary/aromatic N) is 4. The summed E-state index contributed by atoms with van der Waals surface area (Å²) in [6.07, 6.45) is 5.46. The first kappa shape index (κ1) is 20.4. The molecule has 4 aromatic rings. The molecule has 1 atom stereocenters. The van der Waals surface area contributed by atoms with E-state index in [-0.39, 0.29) is 5.75 Å². The minimum Gasteiger partial charge on any atom is -0.454 e. The molecule has 0 saturated carbocycles. The molecule has 170 valence electrons. The van der Waals surface area contributed by atoms with Crippen LogP contribution < -0.4 is 20.3 Å². The van der Waals surface area contributed by atoms with Crippen LogP contribution in [0.4, 0.5) is 21.7 Å². The van der Waals surface area contributed by atoms with Gasteiger partial charge in [-0.3, -0.25) is 0 Å². The van der Waals surface area contributed by atoms with Crippen molar-refractivity contribution in [1.29, 1.82) is 0 Å². The number of para-hydroxylation sites is 1. The van der Waals surface area contributed by atoms with Crippen LogP contribution >= 0.6 is 0 Å². The van der Waals surface area contributed by atoms with Crippen LogP contribution in [0.25, 0.3) is 10.9 Å². The lowest BCUT2D eigenvalue weighted by Crippen LogP contribution is -2.24. The molecule has 2 aliphatic heterocycles. The van der Waals surface area contributed by atoms with Crippen LogP contribution in [0.3, 0.4) is 0 Å². The molecular weight excluding hydrogens is 431 g/mol. The summed E-state index contributed by atoms with van der Waals surface area (Å²) in [7, 11) is 0. The van der Waals surface area contributed by atoms with Gasteiger partial charge in [0.25, 0.3) is 0 Å². The van der Waals surface area contributed by atoms with E-state index >= 15 is 0 Å². The van der Waals surface area contributed by atoms with Gasteiger partial charge in [-0.15, -0.1) is 0 Å². The maximum atomic E-state index is 14.0. The molecule has 0 aliphatic carbocycles. The number of hydrogen-bond donors (Lipinski definition) is 2. The Balaban J connectivity index is 1.26. The minimum atomic E-state index is -0.393. The molecule has 4 heterocycles. The van der Waals surface area contributed by atoms with Gasteiger partial charge in [-0.1, -0.05) is 12.1 Å². The summed E-state index contributed by atoms with van der Waals surface area (Å²) in [4.78, 5) is 15.8. The van der Waals surface area contributed by atoms with Crippen molar-refractivity contribution in [2.45, 2.75) is 6.92 Å². The Morgan fingerprint density at radius 2 is 2.00 bits per heavy atom. The van der Waals surface area contributed by atoms with Gasteiger partial charge in [0.1, 0.15) is 23.7 Å². The van der Waals surface area contributed by atoms with E-state index in [1.807, 2.05) is 25.1 Å². The number of pyridine rings is 1. The SMILES string of the molecule is Cc1cc(Nc2ncnc3cnc(N4CC5=CNCC5C4)cc23)ccc1Oc1ccccc1F. The molecule has 34 heavy (non-hydrogen) atoms. The number of rotatable bonds is 5. The number of hydrogen-bond acceptors (Lipinski definition) is 7. The fraction of sp³-hybridized carbons (Fsp3) is 0.192. The average molecular weight is 455 g/mol. The first-order valence-electron chi connectivity index (χ1n) is 11.2. The number of halogens is 1. The van der Waals surface area contributed by atoms with Gasteiger partial charge in [0.15, 0.2) is 11.6 Å². The highest BCUT2D eigenvalue weighted by Crippen LogP contribution is 2.33. The van der Waals surface area contributed by atoms with Crippen molar-refractivity contribution in [2.24, 2.45) is 5.92 Å². The second-order valence-corrected chi connectivity index (χ2v) is 8.62. The summed E-state index contributed by atoms with van der Waals surface area (Å²) in [6, 6.07) is 14.1. The van der Waals surface area contributed by atoms with Crippen molar-refractivity contribution < 1.29 is 9.13 Å². The molecule has 2 N–H and O–H groups in total. The normalized spacial score (nSPS) is 16.8. The molecular formula is C26H23FN6O. The Morgan fingerprint density at radius 1 is 1.09 bits per heavy atom. The summed E-state index contributed by atoms with van der Waals surface area (Å²) < 4.78 is 19.7. The Morgan fingerprint density at radius 3 is 2.85 bits per heavy atom. The zero-order valence-corrected chi connectivity index (χ0v) is 18.6.